The number of halogens is 1. The second-order valence-electron chi connectivity index (χ2n) is 4.45. The van der Waals surface area contributed by atoms with Crippen molar-refractivity contribution in [2.75, 3.05) is 19.6 Å². The minimum Gasteiger partial charge on any atom is -0.339 e. The smallest absolute Gasteiger partial charge is 0.231 e. The van der Waals surface area contributed by atoms with E-state index < -0.39 is 0 Å². The minimum absolute atomic E-state index is 0. The lowest BCUT2D eigenvalue weighted by molar-refractivity contribution is 0.268. The van der Waals surface area contributed by atoms with E-state index in [1.807, 2.05) is 6.92 Å². The first-order valence-electron chi connectivity index (χ1n) is 5.35. The van der Waals surface area contributed by atoms with Gasteiger partial charge in [0.25, 0.3) is 0 Å². The predicted octanol–water partition coefficient (Wildman–Crippen LogP) is 1.61. The van der Waals surface area contributed by atoms with Crippen LogP contribution in [0, 0.1) is 12.8 Å². The van der Waals surface area contributed by atoms with Crippen molar-refractivity contribution in [3.63, 3.8) is 0 Å². The van der Waals surface area contributed by atoms with Gasteiger partial charge in [-0.3, -0.25) is 0 Å². The van der Waals surface area contributed by atoms with Gasteiger partial charge in [-0.05, 0) is 32.2 Å². The third kappa shape index (κ3) is 1.88. The summed E-state index contributed by atoms with van der Waals surface area (Å²) in [6.45, 7) is 5.48. The van der Waals surface area contributed by atoms with Crippen LogP contribution in [0.3, 0.4) is 0 Å². The van der Waals surface area contributed by atoms with E-state index in [-0.39, 0.29) is 12.4 Å². The maximum Gasteiger partial charge on any atom is 0.231 e. The Hall–Kier alpha value is -0.610. The Kier molecular flexibility index (Phi) is 2.98. The van der Waals surface area contributed by atoms with Crippen molar-refractivity contribution >= 4 is 12.4 Å². The van der Waals surface area contributed by atoms with Crippen LogP contribution < -0.4 is 0 Å². The molecule has 0 amide bonds. The molecule has 3 unspecified atom stereocenters. The van der Waals surface area contributed by atoms with Gasteiger partial charge in [-0.25, -0.2) is 0 Å². The van der Waals surface area contributed by atoms with Gasteiger partial charge in [0.1, 0.15) is 0 Å². The number of piperidine rings is 1. The highest BCUT2D eigenvalue weighted by Gasteiger charge is 2.39. The molecule has 0 aliphatic carbocycles. The molecule has 2 fully saturated rings. The van der Waals surface area contributed by atoms with Gasteiger partial charge in [0.05, 0.1) is 5.92 Å². The Morgan fingerprint density at radius 1 is 1.40 bits per heavy atom. The molecule has 5 heteroatoms. The molecule has 0 spiro atoms. The number of rotatable bonds is 1. The Morgan fingerprint density at radius 2 is 2.27 bits per heavy atom. The Labute approximate surface area is 95.4 Å². The predicted molar refractivity (Wildman–Crippen MR) is 58.2 cm³/mol. The van der Waals surface area contributed by atoms with E-state index in [0.717, 1.165) is 24.2 Å². The van der Waals surface area contributed by atoms with Crippen LogP contribution >= 0.6 is 12.4 Å². The van der Waals surface area contributed by atoms with Gasteiger partial charge < -0.3 is 9.42 Å². The Balaban J connectivity index is 0.000000853. The fourth-order valence-electron chi connectivity index (χ4n) is 2.76. The van der Waals surface area contributed by atoms with Crippen molar-refractivity contribution in [2.45, 2.75) is 25.7 Å². The van der Waals surface area contributed by atoms with E-state index in [0.29, 0.717) is 5.92 Å². The summed E-state index contributed by atoms with van der Waals surface area (Å²) in [6.07, 6.45) is 2.65. The van der Waals surface area contributed by atoms with Gasteiger partial charge in [0.2, 0.25) is 5.89 Å². The van der Waals surface area contributed by atoms with E-state index >= 15 is 0 Å². The van der Waals surface area contributed by atoms with E-state index in [2.05, 4.69) is 15.0 Å². The van der Waals surface area contributed by atoms with Crippen molar-refractivity contribution in [2.24, 2.45) is 5.92 Å². The molecule has 2 aliphatic heterocycles. The highest BCUT2D eigenvalue weighted by Crippen LogP contribution is 2.37. The van der Waals surface area contributed by atoms with Crippen LogP contribution in [0.15, 0.2) is 4.52 Å². The summed E-state index contributed by atoms with van der Waals surface area (Å²) in [5.74, 6) is 2.87. The Morgan fingerprint density at radius 3 is 2.93 bits per heavy atom. The molecule has 0 saturated carbocycles. The first-order chi connectivity index (χ1) is 6.83. The zero-order valence-corrected chi connectivity index (χ0v) is 9.66. The van der Waals surface area contributed by atoms with Crippen LogP contribution in [0.25, 0.3) is 0 Å². The molecule has 1 aromatic heterocycles. The SMILES string of the molecule is Cc1noc(C2CN3CCCC2C3)n1.Cl. The summed E-state index contributed by atoms with van der Waals surface area (Å²) in [5, 5.41) is 3.87. The van der Waals surface area contributed by atoms with E-state index in [1.54, 1.807) is 0 Å². The van der Waals surface area contributed by atoms with Gasteiger partial charge in [0.15, 0.2) is 5.82 Å². The summed E-state index contributed by atoms with van der Waals surface area (Å²) in [5.41, 5.74) is 0. The molecule has 0 aromatic carbocycles. The summed E-state index contributed by atoms with van der Waals surface area (Å²) < 4.78 is 5.27. The lowest BCUT2D eigenvalue weighted by Crippen LogP contribution is -2.25. The number of aryl methyl sites for hydroxylation is 1. The fourth-order valence-corrected chi connectivity index (χ4v) is 2.76. The molecular formula is C10H16ClN3O. The van der Waals surface area contributed by atoms with Crippen molar-refractivity contribution in [3.05, 3.63) is 11.7 Å². The molecule has 0 radical (unpaired) electrons. The molecule has 2 saturated heterocycles. The normalized spacial score (nSPS) is 33.8. The molecule has 3 heterocycles. The summed E-state index contributed by atoms with van der Waals surface area (Å²) in [6, 6.07) is 0. The van der Waals surface area contributed by atoms with Gasteiger partial charge in [-0.15, -0.1) is 12.4 Å². The lowest BCUT2D eigenvalue weighted by Gasteiger charge is -2.21. The Bertz CT molecular complexity index is 341. The van der Waals surface area contributed by atoms with Gasteiger partial charge in [0, 0.05) is 13.1 Å². The molecule has 2 aliphatic rings. The largest absolute Gasteiger partial charge is 0.339 e. The maximum atomic E-state index is 5.27. The monoisotopic (exact) mass is 229 g/mol. The van der Waals surface area contributed by atoms with Crippen LogP contribution in [0.5, 0.6) is 0 Å². The summed E-state index contributed by atoms with van der Waals surface area (Å²) in [7, 11) is 0. The van der Waals surface area contributed by atoms with Crippen molar-refractivity contribution in [1.29, 1.82) is 0 Å². The van der Waals surface area contributed by atoms with Gasteiger partial charge >= 0.3 is 0 Å². The average molecular weight is 230 g/mol. The number of hydrogen-bond donors (Lipinski definition) is 0. The molecule has 3 atom stereocenters. The van der Waals surface area contributed by atoms with Crippen LogP contribution in [-0.4, -0.2) is 34.7 Å². The van der Waals surface area contributed by atoms with Crippen LogP contribution in [-0.2, 0) is 0 Å². The third-order valence-corrected chi connectivity index (χ3v) is 3.43. The molecule has 84 valence electrons. The topological polar surface area (TPSA) is 42.2 Å². The molecule has 0 N–H and O–H groups in total. The quantitative estimate of drug-likeness (QED) is 0.734. The van der Waals surface area contributed by atoms with E-state index in [4.69, 9.17) is 4.52 Å². The first kappa shape index (κ1) is 10.9. The van der Waals surface area contributed by atoms with E-state index in [1.165, 1.54) is 25.9 Å². The summed E-state index contributed by atoms with van der Waals surface area (Å²) >= 11 is 0. The van der Waals surface area contributed by atoms with Crippen LogP contribution in [0.4, 0.5) is 0 Å². The number of aromatic nitrogens is 2. The van der Waals surface area contributed by atoms with Crippen molar-refractivity contribution < 1.29 is 4.52 Å². The number of hydrogen-bond acceptors (Lipinski definition) is 4. The highest BCUT2D eigenvalue weighted by molar-refractivity contribution is 5.85. The number of nitrogens with zero attached hydrogens (tertiary/aromatic N) is 3. The van der Waals surface area contributed by atoms with Crippen molar-refractivity contribution in [1.82, 2.24) is 15.0 Å². The zero-order valence-electron chi connectivity index (χ0n) is 8.85. The highest BCUT2D eigenvalue weighted by atomic mass is 35.5. The average Bonchev–Trinajstić information content (AvgIpc) is 2.71. The maximum absolute atomic E-state index is 5.27. The standard InChI is InChI=1S/C10H15N3O.ClH/c1-7-11-10(14-12-7)9-6-13-4-2-3-8(9)5-13;/h8-9H,2-6H2,1H3;1H. The molecule has 15 heavy (non-hydrogen) atoms. The lowest BCUT2D eigenvalue weighted by atomic mass is 9.91. The third-order valence-electron chi connectivity index (χ3n) is 3.43. The van der Waals surface area contributed by atoms with Crippen molar-refractivity contribution in [3.8, 4) is 0 Å². The van der Waals surface area contributed by atoms with E-state index in [9.17, 15) is 0 Å². The molecule has 4 nitrogen and oxygen atoms in total. The van der Waals surface area contributed by atoms with Crippen LogP contribution in [0.2, 0.25) is 0 Å². The molecular weight excluding hydrogens is 214 g/mol. The zero-order chi connectivity index (χ0) is 9.54. The second-order valence-corrected chi connectivity index (χ2v) is 4.45. The minimum atomic E-state index is 0. The fraction of sp³-hybridized carbons (Fsp3) is 0.800. The summed E-state index contributed by atoms with van der Waals surface area (Å²) in [4.78, 5) is 6.86. The molecule has 2 bridgehead atoms. The molecule has 3 rings (SSSR count). The second kappa shape index (κ2) is 4.10. The molecule has 1 aromatic rings. The van der Waals surface area contributed by atoms with Gasteiger partial charge in [-0.1, -0.05) is 5.16 Å². The van der Waals surface area contributed by atoms with Gasteiger partial charge in [-0.2, -0.15) is 4.98 Å². The van der Waals surface area contributed by atoms with Crippen LogP contribution in [0.1, 0.15) is 30.5 Å². The number of fused-ring (bicyclic) bond motifs is 2. The first-order valence-corrected chi connectivity index (χ1v) is 5.35.